The lowest BCUT2D eigenvalue weighted by molar-refractivity contribution is 0.0663. The van der Waals surface area contributed by atoms with E-state index in [1.54, 1.807) is 20.9 Å². The van der Waals surface area contributed by atoms with Crippen molar-refractivity contribution in [2.75, 3.05) is 13.6 Å². The zero-order valence-electron chi connectivity index (χ0n) is 8.52. The first-order valence-corrected chi connectivity index (χ1v) is 4.37. The number of carbonyl (C=O) groups excluding carboxylic acids is 1. The number of hydrogen-bond acceptors (Lipinski definition) is 4. The second-order valence-electron chi connectivity index (χ2n) is 3.37. The van der Waals surface area contributed by atoms with E-state index < -0.39 is 6.10 Å². The summed E-state index contributed by atoms with van der Waals surface area (Å²) in [6.07, 6.45) is 0.941. The van der Waals surface area contributed by atoms with Gasteiger partial charge in [0.1, 0.15) is 0 Å². The van der Waals surface area contributed by atoms with Crippen LogP contribution in [0.1, 0.15) is 23.0 Å². The number of aromatic nitrogens is 1. The monoisotopic (exact) mass is 198 g/mol. The third kappa shape index (κ3) is 2.32. The van der Waals surface area contributed by atoms with Crippen molar-refractivity contribution in [1.29, 1.82) is 0 Å². The van der Waals surface area contributed by atoms with E-state index in [0.29, 0.717) is 5.56 Å². The molecule has 0 aliphatic heterocycles. The highest BCUT2D eigenvalue weighted by Crippen LogP contribution is 2.08. The summed E-state index contributed by atoms with van der Waals surface area (Å²) in [7, 11) is 1.61. The Morgan fingerprint density at radius 3 is 2.86 bits per heavy atom. The molecule has 1 amide bonds. The predicted octanol–water partition coefficient (Wildman–Crippen LogP) is 0.436. The van der Waals surface area contributed by atoms with Crippen LogP contribution in [-0.2, 0) is 0 Å². The largest absolute Gasteiger partial charge is 0.392 e. The first-order chi connectivity index (χ1) is 6.52. The van der Waals surface area contributed by atoms with Crippen LogP contribution in [0.4, 0.5) is 0 Å². The van der Waals surface area contributed by atoms with E-state index in [2.05, 4.69) is 5.16 Å². The number of amides is 1. The Balaban J connectivity index is 2.71. The Labute approximate surface area is 82.3 Å². The fraction of sp³-hybridized carbons (Fsp3) is 0.556. The second-order valence-corrected chi connectivity index (χ2v) is 3.37. The smallest absolute Gasteiger partial charge is 0.292 e. The van der Waals surface area contributed by atoms with Crippen LogP contribution in [0.15, 0.2) is 10.7 Å². The van der Waals surface area contributed by atoms with Gasteiger partial charge in [-0.05, 0) is 13.8 Å². The Bertz CT molecular complexity index is 320. The van der Waals surface area contributed by atoms with Gasteiger partial charge in [-0.1, -0.05) is 5.16 Å². The third-order valence-electron chi connectivity index (χ3n) is 1.83. The fourth-order valence-electron chi connectivity index (χ4n) is 1.15. The average Bonchev–Trinajstić information content (AvgIpc) is 2.48. The quantitative estimate of drug-likeness (QED) is 0.765. The summed E-state index contributed by atoms with van der Waals surface area (Å²) in [4.78, 5) is 13.0. The number of carbonyl (C=O) groups is 1. The second kappa shape index (κ2) is 4.23. The molecule has 1 rings (SSSR count). The van der Waals surface area contributed by atoms with Crippen LogP contribution in [0.25, 0.3) is 0 Å². The third-order valence-corrected chi connectivity index (χ3v) is 1.83. The maximum absolute atomic E-state index is 11.6. The van der Waals surface area contributed by atoms with Gasteiger partial charge in [0, 0.05) is 19.2 Å². The lowest BCUT2D eigenvalue weighted by Crippen LogP contribution is -2.33. The van der Waals surface area contributed by atoms with Crippen molar-refractivity contribution in [3.63, 3.8) is 0 Å². The lowest BCUT2D eigenvalue weighted by Gasteiger charge is -2.17. The molecule has 5 heteroatoms. The van der Waals surface area contributed by atoms with Gasteiger partial charge < -0.3 is 14.5 Å². The highest BCUT2D eigenvalue weighted by Gasteiger charge is 2.19. The van der Waals surface area contributed by atoms with E-state index in [1.165, 1.54) is 11.1 Å². The van der Waals surface area contributed by atoms with Crippen molar-refractivity contribution in [1.82, 2.24) is 10.1 Å². The van der Waals surface area contributed by atoms with Crippen molar-refractivity contribution < 1.29 is 14.4 Å². The molecule has 0 radical (unpaired) electrons. The minimum atomic E-state index is -0.549. The summed E-state index contributed by atoms with van der Waals surface area (Å²) in [5.41, 5.74) is 0.701. The van der Waals surface area contributed by atoms with E-state index in [9.17, 15) is 4.79 Å². The van der Waals surface area contributed by atoms with Gasteiger partial charge in [0.25, 0.3) is 5.91 Å². The molecule has 14 heavy (non-hydrogen) atoms. The molecule has 1 aromatic heterocycles. The van der Waals surface area contributed by atoms with Crippen LogP contribution in [0.5, 0.6) is 0 Å². The molecule has 0 aliphatic rings. The summed E-state index contributed by atoms with van der Waals surface area (Å²) in [5, 5.41) is 12.6. The maximum atomic E-state index is 11.6. The van der Waals surface area contributed by atoms with Gasteiger partial charge in [0.15, 0.2) is 0 Å². The molecular formula is C9H14N2O3. The molecule has 0 fully saturated rings. The number of nitrogens with zero attached hydrogens (tertiary/aromatic N) is 2. The van der Waals surface area contributed by atoms with Gasteiger partial charge in [-0.2, -0.15) is 0 Å². The molecule has 5 nitrogen and oxygen atoms in total. The maximum Gasteiger partial charge on any atom is 0.292 e. The average molecular weight is 198 g/mol. The molecule has 1 N–H and O–H groups in total. The van der Waals surface area contributed by atoms with Gasteiger partial charge >= 0.3 is 0 Å². The van der Waals surface area contributed by atoms with Crippen molar-refractivity contribution in [2.45, 2.75) is 20.0 Å². The van der Waals surface area contributed by atoms with E-state index in [-0.39, 0.29) is 18.2 Å². The number of aliphatic hydroxyl groups excluding tert-OH is 1. The van der Waals surface area contributed by atoms with Gasteiger partial charge in [-0.15, -0.1) is 0 Å². The Kier molecular flexibility index (Phi) is 3.24. The summed E-state index contributed by atoms with van der Waals surface area (Å²) >= 11 is 0. The zero-order chi connectivity index (χ0) is 10.7. The minimum Gasteiger partial charge on any atom is -0.392 e. The van der Waals surface area contributed by atoms with Crippen LogP contribution in [-0.4, -0.2) is 40.8 Å². The molecule has 0 aromatic carbocycles. The summed E-state index contributed by atoms with van der Waals surface area (Å²) < 4.78 is 4.81. The molecule has 0 saturated carbocycles. The van der Waals surface area contributed by atoms with E-state index in [0.717, 1.165) is 0 Å². The van der Waals surface area contributed by atoms with Gasteiger partial charge in [-0.3, -0.25) is 4.79 Å². The first-order valence-electron chi connectivity index (χ1n) is 4.37. The van der Waals surface area contributed by atoms with E-state index >= 15 is 0 Å². The zero-order valence-corrected chi connectivity index (χ0v) is 8.52. The molecule has 0 spiro atoms. The first kappa shape index (κ1) is 10.7. The molecule has 78 valence electrons. The van der Waals surface area contributed by atoms with Crippen LogP contribution < -0.4 is 0 Å². The number of aryl methyl sites for hydroxylation is 1. The van der Waals surface area contributed by atoms with Crippen LogP contribution in [0, 0.1) is 6.92 Å². The predicted molar refractivity (Wildman–Crippen MR) is 49.9 cm³/mol. The van der Waals surface area contributed by atoms with Crippen LogP contribution >= 0.6 is 0 Å². The molecule has 0 bridgehead atoms. The van der Waals surface area contributed by atoms with Crippen molar-refractivity contribution >= 4 is 5.91 Å². The van der Waals surface area contributed by atoms with Gasteiger partial charge in [0.2, 0.25) is 5.76 Å². The number of rotatable bonds is 3. The fourth-order valence-corrected chi connectivity index (χ4v) is 1.15. The van der Waals surface area contributed by atoms with Crippen molar-refractivity contribution in [2.24, 2.45) is 0 Å². The van der Waals surface area contributed by atoms with Crippen LogP contribution in [0.3, 0.4) is 0 Å². The highest BCUT2D eigenvalue weighted by atomic mass is 16.5. The summed E-state index contributed by atoms with van der Waals surface area (Å²) in [6.45, 7) is 3.65. The number of aliphatic hydroxyl groups is 1. The summed E-state index contributed by atoms with van der Waals surface area (Å²) in [6, 6.07) is 0. The molecule has 1 aromatic rings. The van der Waals surface area contributed by atoms with Crippen molar-refractivity contribution in [3.05, 3.63) is 17.5 Å². The molecule has 1 atom stereocenters. The molecular weight excluding hydrogens is 184 g/mol. The Morgan fingerprint density at radius 1 is 1.79 bits per heavy atom. The van der Waals surface area contributed by atoms with E-state index in [1.807, 2.05) is 0 Å². The molecule has 1 unspecified atom stereocenters. The summed E-state index contributed by atoms with van der Waals surface area (Å²) in [5.74, 6) is -0.0333. The molecule has 0 saturated heterocycles. The SMILES string of the molecule is Cc1cnoc1C(=O)N(C)CC(C)O. The number of hydrogen-bond donors (Lipinski definition) is 1. The van der Waals surface area contributed by atoms with Gasteiger partial charge in [0.05, 0.1) is 12.3 Å². The topological polar surface area (TPSA) is 66.6 Å². The molecule has 0 aliphatic carbocycles. The Morgan fingerprint density at radius 2 is 2.43 bits per heavy atom. The van der Waals surface area contributed by atoms with E-state index in [4.69, 9.17) is 9.63 Å². The number of likely N-dealkylation sites (N-methyl/N-ethyl adjacent to an activating group) is 1. The van der Waals surface area contributed by atoms with Gasteiger partial charge in [-0.25, -0.2) is 0 Å². The standard InChI is InChI=1S/C9H14N2O3/c1-6-4-10-14-8(6)9(13)11(3)5-7(2)12/h4,7,12H,5H2,1-3H3. The van der Waals surface area contributed by atoms with Crippen LogP contribution in [0.2, 0.25) is 0 Å². The lowest BCUT2D eigenvalue weighted by atomic mass is 10.2. The van der Waals surface area contributed by atoms with Crippen molar-refractivity contribution in [3.8, 4) is 0 Å². The normalized spacial score (nSPS) is 12.6. The molecule has 1 heterocycles. The minimum absolute atomic E-state index is 0.230. The highest BCUT2D eigenvalue weighted by molar-refractivity contribution is 5.92. The Hall–Kier alpha value is -1.36.